The molecule has 0 saturated heterocycles. The number of rotatable bonds is 10. The summed E-state index contributed by atoms with van der Waals surface area (Å²) in [6.07, 6.45) is 2.42. The van der Waals surface area contributed by atoms with Gasteiger partial charge in [-0.3, -0.25) is 0 Å². The summed E-state index contributed by atoms with van der Waals surface area (Å²) in [6.45, 7) is 0. The first kappa shape index (κ1) is 31.2. The fourth-order valence-electron chi connectivity index (χ4n) is 6.55. The number of hydrogen-bond acceptors (Lipinski definition) is 0. The van der Waals surface area contributed by atoms with Crippen molar-refractivity contribution < 1.29 is 12.5 Å². The van der Waals surface area contributed by atoms with E-state index in [0.29, 0.717) is 0 Å². The van der Waals surface area contributed by atoms with Crippen molar-refractivity contribution in [2.24, 2.45) is 0 Å². The van der Waals surface area contributed by atoms with Crippen LogP contribution in [-0.4, -0.2) is 0 Å². The molecule has 0 N–H and O–H groups in total. The normalized spacial score (nSPS) is 12.8. The summed E-state index contributed by atoms with van der Waals surface area (Å²) in [4.78, 5) is 0. The Morgan fingerprint density at radius 1 is 0.277 bits per heavy atom. The molecule has 0 spiro atoms. The molecule has 0 amide bonds. The summed E-state index contributed by atoms with van der Waals surface area (Å²) < 4.78 is 0. The molecule has 0 unspecified atom stereocenters. The second-order valence-electron chi connectivity index (χ2n) is 11.4. The van der Waals surface area contributed by atoms with E-state index < -0.39 is 24.6 Å². The van der Waals surface area contributed by atoms with Gasteiger partial charge in [0.15, 0.2) is 0 Å². The van der Waals surface area contributed by atoms with E-state index in [4.69, 9.17) is 0 Å². The Morgan fingerprint density at radius 2 is 0.489 bits per heavy atom. The van der Waals surface area contributed by atoms with Gasteiger partial charge in [0.1, 0.15) is 0 Å². The van der Waals surface area contributed by atoms with Gasteiger partial charge in [-0.15, -0.1) is 0 Å². The van der Waals surface area contributed by atoms with E-state index in [1.807, 2.05) is 0 Å². The third-order valence-electron chi connectivity index (χ3n) is 8.58. The third-order valence-corrected chi connectivity index (χ3v) is 33.3. The van der Waals surface area contributed by atoms with Crippen LogP contribution in [0.4, 0.5) is 0 Å². The minimum absolute atomic E-state index is 0.557. The molecule has 0 heterocycles. The SMILES string of the molecule is C(=[CH][Ni]([PH](c1ccccc1)(c1ccccc1)c1ccccc1)[PH](c1ccccc1)(c1ccccc1)c1ccccc1)c1ccccc1. The first-order chi connectivity index (χ1) is 23.3. The zero-order chi connectivity index (χ0) is 31.8. The molecule has 0 aliphatic heterocycles. The van der Waals surface area contributed by atoms with Crippen LogP contribution in [-0.2, 0) is 12.5 Å². The van der Waals surface area contributed by atoms with E-state index in [9.17, 15) is 0 Å². The van der Waals surface area contributed by atoms with Gasteiger partial charge in [0.2, 0.25) is 0 Å². The van der Waals surface area contributed by atoms with E-state index in [0.717, 1.165) is 0 Å². The van der Waals surface area contributed by atoms with Crippen LogP contribution in [0.2, 0.25) is 0 Å². The molecule has 0 aliphatic carbocycles. The summed E-state index contributed by atoms with van der Waals surface area (Å²) in [7, 11) is 0. The molecule has 7 rings (SSSR count). The molecule has 0 fully saturated rings. The first-order valence-electron chi connectivity index (χ1n) is 16.0. The van der Waals surface area contributed by atoms with Crippen molar-refractivity contribution in [3.63, 3.8) is 0 Å². The van der Waals surface area contributed by atoms with Gasteiger partial charge in [-0.1, -0.05) is 0 Å². The average molecular weight is 688 g/mol. The molecule has 0 nitrogen and oxygen atoms in total. The van der Waals surface area contributed by atoms with Crippen molar-refractivity contribution >= 4 is 50.0 Å². The maximum atomic E-state index is 2.66. The molecule has 47 heavy (non-hydrogen) atoms. The van der Waals surface area contributed by atoms with Crippen LogP contribution in [0.5, 0.6) is 0 Å². The molecule has 0 radical (unpaired) electrons. The van der Waals surface area contributed by atoms with E-state index in [-0.39, 0.29) is 0 Å². The quantitative estimate of drug-likeness (QED) is 0.0999. The molecule has 7 aromatic rings. The van der Waals surface area contributed by atoms with Crippen LogP contribution in [0.3, 0.4) is 0 Å². The topological polar surface area (TPSA) is 0 Å². The van der Waals surface area contributed by atoms with E-state index >= 15 is 0 Å². The van der Waals surface area contributed by atoms with Gasteiger partial charge in [-0.2, -0.15) is 0 Å². The summed E-state index contributed by atoms with van der Waals surface area (Å²) in [5.41, 5.74) is 1.22. The van der Waals surface area contributed by atoms with Gasteiger partial charge in [-0.05, 0) is 0 Å². The van der Waals surface area contributed by atoms with Crippen LogP contribution < -0.4 is 31.8 Å². The van der Waals surface area contributed by atoms with E-state index in [1.54, 1.807) is 0 Å². The van der Waals surface area contributed by atoms with Crippen LogP contribution in [0, 0.1) is 0 Å². The van der Waals surface area contributed by atoms with Crippen LogP contribution in [0.25, 0.3) is 6.08 Å². The second kappa shape index (κ2) is 14.6. The van der Waals surface area contributed by atoms with Gasteiger partial charge < -0.3 is 0 Å². The molecule has 235 valence electrons. The molecular weight excluding hydrogens is 649 g/mol. The van der Waals surface area contributed by atoms with Gasteiger partial charge in [-0.25, -0.2) is 0 Å². The average Bonchev–Trinajstić information content (AvgIpc) is 3.17. The predicted molar refractivity (Wildman–Crippen MR) is 209 cm³/mol. The standard InChI is InChI=1S/2C18H15P.C8H7.Ni/c2*1-4-10-16(11-5-1)19(17-12-6-2-7-13-17)18-14-8-3-9-15-18;1-2-8-6-4-3-5-7-8;/h2*1-15H;1-7H;/q;;;-2/p+2. The fraction of sp³-hybridized carbons (Fsp3) is 0. The number of benzene rings is 7. The summed E-state index contributed by atoms with van der Waals surface area (Å²) in [5, 5.41) is 11.3. The Kier molecular flexibility index (Phi) is 9.70. The fourth-order valence-corrected chi connectivity index (χ4v) is 37.8. The van der Waals surface area contributed by atoms with E-state index in [2.05, 4.69) is 223 Å². The molecule has 3 heteroatoms. The number of hydrogen-bond donors (Lipinski definition) is 0. The van der Waals surface area contributed by atoms with Crippen molar-refractivity contribution in [2.45, 2.75) is 0 Å². The van der Waals surface area contributed by atoms with Crippen molar-refractivity contribution in [2.75, 3.05) is 0 Å². The molecule has 0 atom stereocenters. The maximum absolute atomic E-state index is 2.87. The summed E-state index contributed by atoms with van der Waals surface area (Å²) in [5.74, 6) is 0. The van der Waals surface area contributed by atoms with Crippen LogP contribution >= 0.6 is 12.1 Å². The van der Waals surface area contributed by atoms with Crippen molar-refractivity contribution in [1.29, 1.82) is 0 Å². The van der Waals surface area contributed by atoms with Crippen molar-refractivity contribution in [3.05, 3.63) is 223 Å². The minimum atomic E-state index is -2.87. The zero-order valence-corrected chi connectivity index (χ0v) is 29.2. The van der Waals surface area contributed by atoms with Crippen molar-refractivity contribution in [3.8, 4) is 0 Å². The molecular formula is C44H39NiP2. The Labute approximate surface area is 284 Å². The second-order valence-corrected chi connectivity index (χ2v) is 27.0. The van der Waals surface area contributed by atoms with Gasteiger partial charge >= 0.3 is 285 Å². The van der Waals surface area contributed by atoms with Gasteiger partial charge in [0, 0.05) is 0 Å². The first-order valence-corrected chi connectivity index (χ1v) is 23.2. The summed E-state index contributed by atoms with van der Waals surface area (Å²) >= 11 is -0.557. The molecule has 0 bridgehead atoms. The monoisotopic (exact) mass is 687 g/mol. The van der Waals surface area contributed by atoms with Crippen molar-refractivity contribution in [1.82, 2.24) is 0 Å². The van der Waals surface area contributed by atoms with Gasteiger partial charge in [0.25, 0.3) is 0 Å². The zero-order valence-electron chi connectivity index (χ0n) is 26.2. The predicted octanol–water partition coefficient (Wildman–Crippen LogP) is 8.56. The summed E-state index contributed by atoms with van der Waals surface area (Å²) in [6, 6.07) is 73.9. The molecule has 0 aromatic heterocycles. The third kappa shape index (κ3) is 5.97. The van der Waals surface area contributed by atoms with Crippen LogP contribution in [0.1, 0.15) is 5.56 Å². The molecule has 7 aromatic carbocycles. The van der Waals surface area contributed by atoms with Crippen LogP contribution in [0.15, 0.2) is 217 Å². The molecule has 0 aliphatic rings. The molecule has 0 saturated carbocycles. The van der Waals surface area contributed by atoms with E-state index in [1.165, 1.54) is 37.4 Å². The Hall–Kier alpha value is -4.37. The Bertz CT molecular complexity index is 1680. The Balaban J connectivity index is 1.72. The Morgan fingerprint density at radius 3 is 0.723 bits per heavy atom. The van der Waals surface area contributed by atoms with Gasteiger partial charge in [0.05, 0.1) is 0 Å².